The second-order valence-corrected chi connectivity index (χ2v) is 3.81. The van der Waals surface area contributed by atoms with Crippen molar-refractivity contribution in [2.75, 3.05) is 0 Å². The van der Waals surface area contributed by atoms with Gasteiger partial charge in [-0.25, -0.2) is 9.97 Å². The van der Waals surface area contributed by atoms with Crippen molar-refractivity contribution < 1.29 is 0 Å². The van der Waals surface area contributed by atoms with Gasteiger partial charge >= 0.3 is 0 Å². The molecule has 2 heteroatoms. The number of hydrogen-bond donors (Lipinski definition) is 0. The Labute approximate surface area is 86.8 Å². The monoisotopic (exact) mass is 192 g/mol. The first-order chi connectivity index (χ1) is 6.86. The molecule has 0 saturated carbocycles. The highest BCUT2D eigenvalue weighted by Crippen LogP contribution is 2.16. The fourth-order valence-corrected chi connectivity index (χ4v) is 1.86. The lowest BCUT2D eigenvalue weighted by Crippen LogP contribution is -2.06. The van der Waals surface area contributed by atoms with Gasteiger partial charge in [0, 0.05) is 18.8 Å². The molecule has 0 radical (unpaired) electrons. The molecule has 0 saturated heterocycles. The predicted molar refractivity (Wildman–Crippen MR) is 59.0 cm³/mol. The van der Waals surface area contributed by atoms with Crippen LogP contribution in [0.15, 0.2) is 18.5 Å². The SMILES string of the molecule is CCCC(CCC)Cc1ncccn1. The van der Waals surface area contributed by atoms with Crippen molar-refractivity contribution >= 4 is 0 Å². The van der Waals surface area contributed by atoms with E-state index in [0.29, 0.717) is 0 Å². The Kier molecular flexibility index (Phi) is 5.20. The van der Waals surface area contributed by atoms with Crippen molar-refractivity contribution in [1.29, 1.82) is 0 Å². The van der Waals surface area contributed by atoms with Gasteiger partial charge in [-0.15, -0.1) is 0 Å². The van der Waals surface area contributed by atoms with E-state index in [4.69, 9.17) is 0 Å². The molecular weight excluding hydrogens is 172 g/mol. The highest BCUT2D eigenvalue weighted by atomic mass is 14.8. The van der Waals surface area contributed by atoms with Crippen LogP contribution < -0.4 is 0 Å². The fraction of sp³-hybridized carbons (Fsp3) is 0.667. The summed E-state index contributed by atoms with van der Waals surface area (Å²) in [6.45, 7) is 4.49. The van der Waals surface area contributed by atoms with Crippen LogP contribution >= 0.6 is 0 Å². The molecule has 0 fully saturated rings. The summed E-state index contributed by atoms with van der Waals surface area (Å²) in [6, 6.07) is 1.87. The Bertz CT molecular complexity index is 227. The number of nitrogens with zero attached hydrogens (tertiary/aromatic N) is 2. The van der Waals surface area contributed by atoms with Gasteiger partial charge in [0.1, 0.15) is 5.82 Å². The van der Waals surface area contributed by atoms with Gasteiger partial charge in [-0.05, 0) is 12.0 Å². The van der Waals surface area contributed by atoms with Crippen molar-refractivity contribution in [3.05, 3.63) is 24.3 Å². The molecule has 0 N–H and O–H groups in total. The molecule has 1 heterocycles. The molecule has 0 atom stereocenters. The minimum absolute atomic E-state index is 0.771. The van der Waals surface area contributed by atoms with Gasteiger partial charge in [-0.3, -0.25) is 0 Å². The highest BCUT2D eigenvalue weighted by Gasteiger charge is 2.08. The Balaban J connectivity index is 2.46. The van der Waals surface area contributed by atoms with E-state index in [1.165, 1.54) is 25.7 Å². The smallest absolute Gasteiger partial charge is 0.128 e. The second-order valence-electron chi connectivity index (χ2n) is 3.81. The van der Waals surface area contributed by atoms with Gasteiger partial charge in [-0.2, -0.15) is 0 Å². The fourth-order valence-electron chi connectivity index (χ4n) is 1.86. The Morgan fingerprint density at radius 3 is 2.14 bits per heavy atom. The molecule has 0 aliphatic rings. The van der Waals surface area contributed by atoms with Crippen LogP contribution in [0.4, 0.5) is 0 Å². The summed E-state index contributed by atoms with van der Waals surface area (Å²) in [4.78, 5) is 8.54. The van der Waals surface area contributed by atoms with E-state index in [1.807, 2.05) is 18.5 Å². The molecule has 0 aromatic carbocycles. The van der Waals surface area contributed by atoms with Crippen molar-refractivity contribution in [2.45, 2.75) is 46.0 Å². The third-order valence-electron chi connectivity index (χ3n) is 2.48. The van der Waals surface area contributed by atoms with E-state index >= 15 is 0 Å². The molecule has 1 rings (SSSR count). The zero-order valence-corrected chi connectivity index (χ0v) is 9.24. The molecule has 0 bridgehead atoms. The van der Waals surface area contributed by atoms with Gasteiger partial charge in [0.25, 0.3) is 0 Å². The maximum atomic E-state index is 4.27. The summed E-state index contributed by atoms with van der Waals surface area (Å²) in [5, 5.41) is 0. The van der Waals surface area contributed by atoms with Crippen LogP contribution in [0.3, 0.4) is 0 Å². The van der Waals surface area contributed by atoms with E-state index in [-0.39, 0.29) is 0 Å². The average Bonchev–Trinajstić information content (AvgIpc) is 2.20. The summed E-state index contributed by atoms with van der Waals surface area (Å²) >= 11 is 0. The van der Waals surface area contributed by atoms with Gasteiger partial charge in [-0.1, -0.05) is 39.5 Å². The van der Waals surface area contributed by atoms with Crippen LogP contribution in [-0.2, 0) is 6.42 Å². The van der Waals surface area contributed by atoms with E-state index in [1.54, 1.807) is 0 Å². The van der Waals surface area contributed by atoms with E-state index in [0.717, 1.165) is 18.2 Å². The number of hydrogen-bond acceptors (Lipinski definition) is 2. The zero-order valence-electron chi connectivity index (χ0n) is 9.24. The summed E-state index contributed by atoms with van der Waals surface area (Å²) in [7, 11) is 0. The molecule has 0 amide bonds. The Morgan fingerprint density at radius 1 is 1.07 bits per heavy atom. The van der Waals surface area contributed by atoms with Crippen LogP contribution in [0.2, 0.25) is 0 Å². The van der Waals surface area contributed by atoms with Crippen LogP contribution in [0.5, 0.6) is 0 Å². The standard InChI is InChI=1S/C12H20N2/c1-3-6-11(7-4-2)10-12-13-8-5-9-14-12/h5,8-9,11H,3-4,6-7,10H2,1-2H3. The molecule has 2 nitrogen and oxygen atoms in total. The molecule has 0 aliphatic heterocycles. The molecule has 0 spiro atoms. The van der Waals surface area contributed by atoms with Gasteiger partial charge in [0.2, 0.25) is 0 Å². The second kappa shape index (κ2) is 6.52. The predicted octanol–water partition coefficient (Wildman–Crippen LogP) is 3.24. The minimum atomic E-state index is 0.771. The average molecular weight is 192 g/mol. The molecule has 1 aromatic rings. The highest BCUT2D eigenvalue weighted by molar-refractivity contribution is 4.90. The molecule has 1 aromatic heterocycles. The number of rotatable bonds is 6. The van der Waals surface area contributed by atoms with Crippen LogP contribution in [0.1, 0.15) is 45.4 Å². The summed E-state index contributed by atoms with van der Waals surface area (Å²) in [5.74, 6) is 1.77. The quantitative estimate of drug-likeness (QED) is 0.691. The maximum Gasteiger partial charge on any atom is 0.128 e. The van der Waals surface area contributed by atoms with Gasteiger partial charge < -0.3 is 0 Å². The minimum Gasteiger partial charge on any atom is -0.241 e. The molecule has 78 valence electrons. The van der Waals surface area contributed by atoms with Crippen LogP contribution in [-0.4, -0.2) is 9.97 Å². The van der Waals surface area contributed by atoms with Crippen molar-refractivity contribution in [2.24, 2.45) is 5.92 Å². The number of aromatic nitrogens is 2. The molecule has 0 unspecified atom stereocenters. The van der Waals surface area contributed by atoms with E-state index in [2.05, 4.69) is 23.8 Å². The lowest BCUT2D eigenvalue weighted by atomic mass is 9.94. The van der Waals surface area contributed by atoms with E-state index in [9.17, 15) is 0 Å². The topological polar surface area (TPSA) is 25.8 Å². The van der Waals surface area contributed by atoms with Crippen LogP contribution in [0, 0.1) is 5.92 Å². The third-order valence-corrected chi connectivity index (χ3v) is 2.48. The van der Waals surface area contributed by atoms with Gasteiger partial charge in [0.15, 0.2) is 0 Å². The Hall–Kier alpha value is -0.920. The molecule has 0 aliphatic carbocycles. The van der Waals surface area contributed by atoms with Crippen LogP contribution in [0.25, 0.3) is 0 Å². The zero-order chi connectivity index (χ0) is 10.2. The lowest BCUT2D eigenvalue weighted by Gasteiger charge is -2.13. The maximum absolute atomic E-state index is 4.27. The molecule has 14 heavy (non-hydrogen) atoms. The lowest BCUT2D eigenvalue weighted by molar-refractivity contribution is 0.429. The largest absolute Gasteiger partial charge is 0.241 e. The summed E-state index contributed by atoms with van der Waals surface area (Å²) in [6.07, 6.45) is 9.82. The normalized spacial score (nSPS) is 10.8. The molecular formula is C12H20N2. The Morgan fingerprint density at radius 2 is 1.64 bits per heavy atom. The first kappa shape index (κ1) is 11.2. The first-order valence-electron chi connectivity index (χ1n) is 5.62. The van der Waals surface area contributed by atoms with Crippen molar-refractivity contribution in [3.63, 3.8) is 0 Å². The summed E-state index contributed by atoms with van der Waals surface area (Å²) in [5.41, 5.74) is 0. The summed E-state index contributed by atoms with van der Waals surface area (Å²) < 4.78 is 0. The third kappa shape index (κ3) is 3.86. The van der Waals surface area contributed by atoms with Gasteiger partial charge in [0.05, 0.1) is 0 Å². The van der Waals surface area contributed by atoms with Crippen molar-refractivity contribution in [3.8, 4) is 0 Å². The van der Waals surface area contributed by atoms with E-state index < -0.39 is 0 Å². The first-order valence-corrected chi connectivity index (χ1v) is 5.62. The van der Waals surface area contributed by atoms with Crippen molar-refractivity contribution in [1.82, 2.24) is 9.97 Å².